The normalized spacial score (nSPS) is 17.1. The van der Waals surface area contributed by atoms with E-state index in [0.29, 0.717) is 11.7 Å². The fourth-order valence-electron chi connectivity index (χ4n) is 1.80. The Morgan fingerprint density at radius 1 is 1.15 bits per heavy atom. The Labute approximate surface area is 78.8 Å². The molecule has 1 fully saturated rings. The molecule has 1 aromatic carbocycles. The summed E-state index contributed by atoms with van der Waals surface area (Å²) >= 11 is 0. The minimum Gasteiger partial charge on any atom is -0.300 e. The molecule has 1 aliphatic rings. The average molecular weight is 174 g/mol. The first-order valence-electron chi connectivity index (χ1n) is 4.90. The van der Waals surface area contributed by atoms with Gasteiger partial charge in [-0.05, 0) is 24.3 Å². The highest BCUT2D eigenvalue weighted by Gasteiger charge is 2.25. The SMILES string of the molecule is O=C1CC(CCc2ccccc2)C1. The summed E-state index contributed by atoms with van der Waals surface area (Å²) in [6, 6.07) is 10.5. The maximum atomic E-state index is 10.7. The zero-order valence-corrected chi connectivity index (χ0v) is 7.70. The zero-order chi connectivity index (χ0) is 9.10. The molecule has 0 aliphatic heterocycles. The van der Waals surface area contributed by atoms with Crippen molar-refractivity contribution >= 4 is 5.78 Å². The van der Waals surface area contributed by atoms with Crippen molar-refractivity contribution in [3.8, 4) is 0 Å². The number of carbonyl (C=O) groups excluding carboxylic acids is 1. The molecule has 0 saturated heterocycles. The minimum absolute atomic E-state index is 0.443. The van der Waals surface area contributed by atoms with Crippen molar-refractivity contribution in [3.05, 3.63) is 35.9 Å². The predicted octanol–water partition coefficient (Wildman–Crippen LogP) is 2.60. The van der Waals surface area contributed by atoms with Crippen LogP contribution < -0.4 is 0 Å². The van der Waals surface area contributed by atoms with Crippen molar-refractivity contribution in [2.45, 2.75) is 25.7 Å². The van der Waals surface area contributed by atoms with E-state index in [1.165, 1.54) is 12.0 Å². The molecule has 0 unspecified atom stereocenters. The third-order valence-corrected chi connectivity index (χ3v) is 2.72. The molecule has 0 heterocycles. The van der Waals surface area contributed by atoms with Gasteiger partial charge in [0.15, 0.2) is 0 Å². The second-order valence-corrected chi connectivity index (χ2v) is 3.84. The fourth-order valence-corrected chi connectivity index (χ4v) is 1.80. The lowest BCUT2D eigenvalue weighted by Gasteiger charge is -2.23. The molecule has 1 heteroatoms. The third kappa shape index (κ3) is 2.18. The van der Waals surface area contributed by atoms with E-state index in [4.69, 9.17) is 0 Å². The average Bonchev–Trinajstić information content (AvgIpc) is 2.12. The maximum Gasteiger partial charge on any atom is 0.133 e. The quantitative estimate of drug-likeness (QED) is 0.688. The van der Waals surface area contributed by atoms with Crippen molar-refractivity contribution in [1.82, 2.24) is 0 Å². The molecule has 13 heavy (non-hydrogen) atoms. The standard InChI is InChI=1S/C12H14O/c13-12-8-11(9-12)7-6-10-4-2-1-3-5-10/h1-5,11H,6-9H2. The second kappa shape index (κ2) is 3.73. The Morgan fingerprint density at radius 3 is 2.46 bits per heavy atom. The highest BCUT2D eigenvalue weighted by atomic mass is 16.1. The van der Waals surface area contributed by atoms with Gasteiger partial charge in [0.1, 0.15) is 5.78 Å². The van der Waals surface area contributed by atoms with Crippen LogP contribution in [0.1, 0.15) is 24.8 Å². The summed E-state index contributed by atoms with van der Waals surface area (Å²) < 4.78 is 0. The van der Waals surface area contributed by atoms with Crippen LogP contribution in [0.3, 0.4) is 0 Å². The van der Waals surface area contributed by atoms with Crippen LogP contribution in [-0.4, -0.2) is 5.78 Å². The lowest BCUT2D eigenvalue weighted by molar-refractivity contribution is -0.126. The van der Waals surface area contributed by atoms with Gasteiger partial charge in [-0.25, -0.2) is 0 Å². The number of carbonyl (C=O) groups is 1. The number of hydrogen-bond donors (Lipinski definition) is 0. The van der Waals surface area contributed by atoms with Crippen LogP contribution in [0.5, 0.6) is 0 Å². The van der Waals surface area contributed by atoms with E-state index >= 15 is 0 Å². The van der Waals surface area contributed by atoms with Crippen LogP contribution in [0.2, 0.25) is 0 Å². The van der Waals surface area contributed by atoms with Gasteiger partial charge >= 0.3 is 0 Å². The molecule has 1 aliphatic carbocycles. The number of hydrogen-bond acceptors (Lipinski definition) is 1. The van der Waals surface area contributed by atoms with Gasteiger partial charge in [-0.2, -0.15) is 0 Å². The molecule has 2 rings (SSSR count). The summed E-state index contributed by atoms with van der Waals surface area (Å²) in [5.74, 6) is 1.12. The van der Waals surface area contributed by atoms with Gasteiger partial charge in [0.05, 0.1) is 0 Å². The number of aryl methyl sites for hydroxylation is 1. The molecule has 1 nitrogen and oxygen atoms in total. The van der Waals surface area contributed by atoms with Crippen LogP contribution in [0, 0.1) is 5.92 Å². The summed E-state index contributed by atoms with van der Waals surface area (Å²) in [4.78, 5) is 10.7. The van der Waals surface area contributed by atoms with Crippen LogP contribution >= 0.6 is 0 Å². The lowest BCUT2D eigenvalue weighted by Crippen LogP contribution is -2.23. The molecule has 0 atom stereocenters. The molecule has 0 N–H and O–H groups in total. The number of Topliss-reactive ketones (excluding diaryl/α,β-unsaturated/α-hetero) is 1. The van der Waals surface area contributed by atoms with Gasteiger partial charge in [-0.3, -0.25) is 4.79 Å². The largest absolute Gasteiger partial charge is 0.300 e. The first-order chi connectivity index (χ1) is 6.34. The van der Waals surface area contributed by atoms with E-state index in [9.17, 15) is 4.79 Å². The molecule has 0 amide bonds. The van der Waals surface area contributed by atoms with Crippen molar-refractivity contribution in [2.75, 3.05) is 0 Å². The Hall–Kier alpha value is -1.11. The summed E-state index contributed by atoms with van der Waals surface area (Å²) in [6.45, 7) is 0. The smallest absolute Gasteiger partial charge is 0.133 e. The van der Waals surface area contributed by atoms with Gasteiger partial charge in [-0.1, -0.05) is 30.3 Å². The molecule has 68 valence electrons. The fraction of sp³-hybridized carbons (Fsp3) is 0.417. The number of benzene rings is 1. The molecular formula is C12H14O. The number of ketones is 1. The molecule has 0 spiro atoms. The van der Waals surface area contributed by atoms with E-state index in [2.05, 4.69) is 24.3 Å². The van der Waals surface area contributed by atoms with Crippen molar-refractivity contribution in [2.24, 2.45) is 5.92 Å². The highest BCUT2D eigenvalue weighted by Crippen LogP contribution is 2.27. The Bertz CT molecular complexity index is 281. The van der Waals surface area contributed by atoms with E-state index in [1.807, 2.05) is 6.07 Å². The van der Waals surface area contributed by atoms with E-state index < -0.39 is 0 Å². The van der Waals surface area contributed by atoms with E-state index in [-0.39, 0.29) is 0 Å². The Kier molecular flexibility index (Phi) is 2.44. The molecule has 0 aromatic heterocycles. The van der Waals surface area contributed by atoms with Crippen LogP contribution in [0.25, 0.3) is 0 Å². The molecule has 0 radical (unpaired) electrons. The van der Waals surface area contributed by atoms with Crippen molar-refractivity contribution in [3.63, 3.8) is 0 Å². The minimum atomic E-state index is 0.443. The summed E-state index contributed by atoms with van der Waals surface area (Å²) in [7, 11) is 0. The lowest BCUT2D eigenvalue weighted by atomic mass is 9.80. The predicted molar refractivity (Wildman–Crippen MR) is 52.5 cm³/mol. The van der Waals surface area contributed by atoms with Crippen LogP contribution in [0.15, 0.2) is 30.3 Å². The van der Waals surface area contributed by atoms with Gasteiger partial charge in [-0.15, -0.1) is 0 Å². The summed E-state index contributed by atoms with van der Waals surface area (Å²) in [5.41, 5.74) is 1.39. The van der Waals surface area contributed by atoms with Crippen LogP contribution in [-0.2, 0) is 11.2 Å². The van der Waals surface area contributed by atoms with Gasteiger partial charge in [0, 0.05) is 12.8 Å². The van der Waals surface area contributed by atoms with Gasteiger partial charge < -0.3 is 0 Å². The second-order valence-electron chi connectivity index (χ2n) is 3.84. The monoisotopic (exact) mass is 174 g/mol. The van der Waals surface area contributed by atoms with E-state index in [1.54, 1.807) is 0 Å². The van der Waals surface area contributed by atoms with Gasteiger partial charge in [0.2, 0.25) is 0 Å². The van der Waals surface area contributed by atoms with Gasteiger partial charge in [0.25, 0.3) is 0 Å². The molecule has 1 saturated carbocycles. The molecule has 1 aromatic rings. The topological polar surface area (TPSA) is 17.1 Å². The summed E-state index contributed by atoms with van der Waals surface area (Å²) in [5, 5.41) is 0. The van der Waals surface area contributed by atoms with Crippen molar-refractivity contribution in [1.29, 1.82) is 0 Å². The van der Waals surface area contributed by atoms with E-state index in [0.717, 1.165) is 19.3 Å². The zero-order valence-electron chi connectivity index (χ0n) is 7.70. The number of rotatable bonds is 3. The third-order valence-electron chi connectivity index (χ3n) is 2.72. The molecule has 0 bridgehead atoms. The van der Waals surface area contributed by atoms with Crippen LogP contribution in [0.4, 0.5) is 0 Å². The Balaban J connectivity index is 1.77. The highest BCUT2D eigenvalue weighted by molar-refractivity contribution is 5.84. The summed E-state index contributed by atoms with van der Waals surface area (Å²) in [6.07, 6.45) is 3.95. The molecular weight excluding hydrogens is 160 g/mol. The first kappa shape index (κ1) is 8.49. The van der Waals surface area contributed by atoms with Crippen molar-refractivity contribution < 1.29 is 4.79 Å². The first-order valence-corrected chi connectivity index (χ1v) is 4.90. The maximum absolute atomic E-state index is 10.7. The Morgan fingerprint density at radius 2 is 1.85 bits per heavy atom.